The van der Waals surface area contributed by atoms with Crippen molar-refractivity contribution in [3.63, 3.8) is 0 Å². The van der Waals surface area contributed by atoms with Gasteiger partial charge in [0.15, 0.2) is 5.82 Å². The van der Waals surface area contributed by atoms with Crippen molar-refractivity contribution >= 4 is 11.9 Å². The van der Waals surface area contributed by atoms with Crippen LogP contribution in [0.1, 0.15) is 17.9 Å². The standard InChI is InChI=1S/C16H19N5O3.2C2HF3O2/c1-19-14(22)15(23)21-11-16(24-9-13(21)18-19)5-7-20(10-16)8-12-4-2-3-6-17-12;2*3-2(4,5)1(6)7/h2-4,6H,5,7-11H2,1H3;2*(H,6,7). The largest absolute Gasteiger partial charge is 0.490 e. The molecule has 1 unspecified atom stereocenters. The van der Waals surface area contributed by atoms with Crippen molar-refractivity contribution in [2.45, 2.75) is 44.1 Å². The van der Waals surface area contributed by atoms with E-state index in [1.54, 1.807) is 6.20 Å². The highest BCUT2D eigenvalue weighted by molar-refractivity contribution is 5.73. The lowest BCUT2D eigenvalue weighted by molar-refractivity contribution is -0.193. The molecule has 0 amide bonds. The summed E-state index contributed by atoms with van der Waals surface area (Å²) in [6, 6.07) is 5.87. The second-order valence-electron chi connectivity index (χ2n) is 8.10. The van der Waals surface area contributed by atoms with E-state index in [0.717, 1.165) is 29.9 Å². The van der Waals surface area contributed by atoms with Crippen LogP contribution < -0.4 is 11.1 Å². The van der Waals surface area contributed by atoms with E-state index in [1.807, 2.05) is 18.2 Å². The Morgan fingerprint density at radius 1 is 1.03 bits per heavy atom. The molecule has 1 spiro atoms. The zero-order chi connectivity index (χ0) is 28.9. The number of aliphatic carboxylic acids is 2. The highest BCUT2D eigenvalue weighted by Crippen LogP contribution is 2.31. The number of carboxylic acid groups (broad SMARTS) is 2. The molecule has 1 fully saturated rings. The second-order valence-corrected chi connectivity index (χ2v) is 8.10. The lowest BCUT2D eigenvalue weighted by atomic mass is 10.0. The Hall–Kier alpha value is -3.80. The van der Waals surface area contributed by atoms with Gasteiger partial charge in [-0.25, -0.2) is 14.3 Å². The molecular formula is C20H21F6N5O7. The maximum absolute atomic E-state index is 12.3. The smallest absolute Gasteiger partial charge is 0.475 e. The normalized spacial score (nSPS) is 19.0. The van der Waals surface area contributed by atoms with E-state index in [9.17, 15) is 35.9 Å². The Bertz CT molecular complexity index is 1240. The van der Waals surface area contributed by atoms with Crippen molar-refractivity contribution in [3.8, 4) is 0 Å². The van der Waals surface area contributed by atoms with Gasteiger partial charge in [-0.3, -0.25) is 24.0 Å². The Kier molecular flexibility index (Phi) is 9.38. The van der Waals surface area contributed by atoms with E-state index < -0.39 is 41.0 Å². The summed E-state index contributed by atoms with van der Waals surface area (Å²) in [5.41, 5.74) is -0.537. The lowest BCUT2D eigenvalue weighted by Gasteiger charge is -2.35. The molecule has 12 nitrogen and oxygen atoms in total. The highest BCUT2D eigenvalue weighted by atomic mass is 19.4. The Morgan fingerprint density at radius 3 is 2.11 bits per heavy atom. The Morgan fingerprint density at radius 2 is 1.61 bits per heavy atom. The number of carbonyl (C=O) groups is 2. The second kappa shape index (κ2) is 11.7. The average Bonchev–Trinajstić information content (AvgIpc) is 3.20. The Labute approximate surface area is 208 Å². The molecule has 0 saturated carbocycles. The third-order valence-corrected chi connectivity index (χ3v) is 5.24. The summed E-state index contributed by atoms with van der Waals surface area (Å²) in [6.45, 7) is 2.97. The first kappa shape index (κ1) is 30.4. The molecule has 2 aliphatic heterocycles. The summed E-state index contributed by atoms with van der Waals surface area (Å²) >= 11 is 0. The quantitative estimate of drug-likeness (QED) is 0.400. The van der Waals surface area contributed by atoms with Gasteiger partial charge in [-0.2, -0.15) is 31.4 Å². The number of halogens is 6. The van der Waals surface area contributed by atoms with Gasteiger partial charge in [0, 0.05) is 32.9 Å². The summed E-state index contributed by atoms with van der Waals surface area (Å²) in [5.74, 6) is -5.00. The van der Waals surface area contributed by atoms with Crippen LogP contribution in [-0.2, 0) is 41.1 Å². The number of alkyl halides is 6. The molecule has 2 aliphatic rings. The maximum Gasteiger partial charge on any atom is 0.490 e. The van der Waals surface area contributed by atoms with Gasteiger partial charge < -0.3 is 14.9 Å². The van der Waals surface area contributed by atoms with E-state index in [4.69, 9.17) is 24.5 Å². The molecule has 4 heterocycles. The zero-order valence-corrected chi connectivity index (χ0v) is 19.5. The predicted molar refractivity (Wildman–Crippen MR) is 113 cm³/mol. The number of likely N-dealkylation sites (tertiary alicyclic amines) is 1. The van der Waals surface area contributed by atoms with Crippen molar-refractivity contribution < 1.29 is 50.9 Å². The number of hydrogen-bond acceptors (Lipinski definition) is 8. The SMILES string of the molecule is Cn1nc2n(c(=O)c1=O)CC1(CCN(Cc3ccccn3)C1)OC2.O=C(O)C(F)(F)F.O=C(O)C(F)(F)F. The minimum absolute atomic E-state index is 0.251. The summed E-state index contributed by atoms with van der Waals surface area (Å²) < 4.78 is 72.1. The number of carboxylic acids is 2. The van der Waals surface area contributed by atoms with Crippen molar-refractivity contribution in [1.82, 2.24) is 24.2 Å². The van der Waals surface area contributed by atoms with Crippen LogP contribution in [0.2, 0.25) is 0 Å². The average molecular weight is 557 g/mol. The first-order valence-corrected chi connectivity index (χ1v) is 10.5. The zero-order valence-electron chi connectivity index (χ0n) is 19.5. The fourth-order valence-electron chi connectivity index (χ4n) is 3.49. The highest BCUT2D eigenvalue weighted by Gasteiger charge is 2.43. The number of aromatic nitrogens is 4. The molecule has 0 radical (unpaired) electrons. The van der Waals surface area contributed by atoms with Crippen LogP contribution in [-0.4, -0.2) is 77.4 Å². The minimum atomic E-state index is -5.08. The summed E-state index contributed by atoms with van der Waals surface area (Å²) in [7, 11) is 1.49. The van der Waals surface area contributed by atoms with E-state index in [1.165, 1.54) is 11.6 Å². The van der Waals surface area contributed by atoms with Crippen LogP contribution >= 0.6 is 0 Å². The van der Waals surface area contributed by atoms with Gasteiger partial charge in [-0.1, -0.05) is 6.07 Å². The predicted octanol–water partition coefficient (Wildman–Crippen LogP) is 0.779. The molecule has 4 rings (SSSR count). The van der Waals surface area contributed by atoms with Crippen molar-refractivity contribution in [2.75, 3.05) is 13.1 Å². The van der Waals surface area contributed by atoms with Crippen molar-refractivity contribution in [1.29, 1.82) is 0 Å². The Balaban J connectivity index is 0.000000301. The van der Waals surface area contributed by atoms with E-state index in [0.29, 0.717) is 18.9 Å². The molecule has 0 bridgehead atoms. The number of nitrogens with zero attached hydrogens (tertiary/aromatic N) is 5. The van der Waals surface area contributed by atoms with Crippen LogP contribution in [0.4, 0.5) is 26.3 Å². The molecule has 0 aliphatic carbocycles. The molecule has 2 N–H and O–H groups in total. The molecule has 18 heteroatoms. The fraction of sp³-hybridized carbons (Fsp3) is 0.500. The molecule has 210 valence electrons. The van der Waals surface area contributed by atoms with E-state index in [2.05, 4.69) is 15.0 Å². The van der Waals surface area contributed by atoms with Gasteiger partial charge in [0.2, 0.25) is 0 Å². The molecule has 2 aromatic rings. The van der Waals surface area contributed by atoms with Crippen molar-refractivity contribution in [3.05, 3.63) is 56.6 Å². The van der Waals surface area contributed by atoms with Gasteiger partial charge >= 0.3 is 35.4 Å². The number of ether oxygens (including phenoxy) is 1. The fourth-order valence-corrected chi connectivity index (χ4v) is 3.49. The molecule has 2 aromatic heterocycles. The van der Waals surface area contributed by atoms with Crippen LogP contribution in [0, 0.1) is 0 Å². The molecule has 1 saturated heterocycles. The van der Waals surface area contributed by atoms with Gasteiger partial charge in [0.1, 0.15) is 12.2 Å². The number of pyridine rings is 1. The van der Waals surface area contributed by atoms with E-state index >= 15 is 0 Å². The van der Waals surface area contributed by atoms with Gasteiger partial charge in [0.05, 0.1) is 12.2 Å². The van der Waals surface area contributed by atoms with Crippen LogP contribution in [0.5, 0.6) is 0 Å². The van der Waals surface area contributed by atoms with Gasteiger partial charge in [-0.15, -0.1) is 0 Å². The summed E-state index contributed by atoms with van der Waals surface area (Å²) in [6.07, 6.45) is -7.56. The number of fused-ring (bicyclic) bond motifs is 1. The van der Waals surface area contributed by atoms with Crippen LogP contribution in [0.3, 0.4) is 0 Å². The lowest BCUT2D eigenvalue weighted by Crippen LogP contribution is -2.52. The first-order chi connectivity index (χ1) is 17.4. The first-order valence-electron chi connectivity index (χ1n) is 10.5. The van der Waals surface area contributed by atoms with E-state index in [-0.39, 0.29) is 6.61 Å². The molecular weight excluding hydrogens is 536 g/mol. The van der Waals surface area contributed by atoms with Crippen LogP contribution in [0.25, 0.3) is 0 Å². The molecule has 38 heavy (non-hydrogen) atoms. The minimum Gasteiger partial charge on any atom is -0.475 e. The molecule has 0 aromatic carbocycles. The maximum atomic E-state index is 12.3. The third kappa shape index (κ3) is 8.10. The summed E-state index contributed by atoms with van der Waals surface area (Å²) in [5, 5.41) is 18.4. The van der Waals surface area contributed by atoms with Crippen molar-refractivity contribution in [2.24, 2.45) is 7.05 Å². The number of hydrogen-bond donors (Lipinski definition) is 2. The monoisotopic (exact) mass is 557 g/mol. The number of rotatable bonds is 2. The van der Waals surface area contributed by atoms with Crippen LogP contribution in [0.15, 0.2) is 34.0 Å². The number of aryl methyl sites for hydroxylation is 1. The molecule has 1 atom stereocenters. The van der Waals surface area contributed by atoms with Gasteiger partial charge in [-0.05, 0) is 18.6 Å². The topological polar surface area (TPSA) is 157 Å². The third-order valence-electron chi connectivity index (χ3n) is 5.24. The summed E-state index contributed by atoms with van der Waals surface area (Å²) in [4.78, 5) is 48.5. The van der Waals surface area contributed by atoms with Gasteiger partial charge in [0.25, 0.3) is 0 Å².